The number of carbonyl (C=O) groups is 2. The van der Waals surface area contributed by atoms with E-state index < -0.39 is 0 Å². The summed E-state index contributed by atoms with van der Waals surface area (Å²) in [6.45, 7) is 0. The monoisotopic (exact) mass is 223 g/mol. The first-order valence-electron chi connectivity index (χ1n) is 4.44. The topological polar surface area (TPSA) is 66.4 Å². The number of imide groups is 1. The van der Waals surface area contributed by atoms with Crippen molar-refractivity contribution in [3.05, 3.63) is 29.8 Å². The van der Waals surface area contributed by atoms with Crippen LogP contribution >= 0.6 is 11.8 Å². The Hall–Kier alpha value is -1.49. The van der Waals surface area contributed by atoms with Gasteiger partial charge >= 0.3 is 0 Å². The molecule has 1 aromatic rings. The van der Waals surface area contributed by atoms with Crippen molar-refractivity contribution in [1.82, 2.24) is 5.32 Å². The van der Waals surface area contributed by atoms with Gasteiger partial charge in [0.1, 0.15) is 5.75 Å². The van der Waals surface area contributed by atoms with E-state index in [9.17, 15) is 9.59 Å². The van der Waals surface area contributed by atoms with Crippen molar-refractivity contribution >= 4 is 22.9 Å². The molecule has 1 heterocycles. The van der Waals surface area contributed by atoms with Crippen LogP contribution in [-0.4, -0.2) is 21.5 Å². The molecular formula is C10H9NO3S. The highest BCUT2D eigenvalue weighted by atomic mass is 32.2. The molecule has 1 saturated heterocycles. The quantitative estimate of drug-likeness (QED) is 0.792. The molecule has 0 spiro atoms. The van der Waals surface area contributed by atoms with Gasteiger partial charge in [0.05, 0.1) is 5.25 Å². The van der Waals surface area contributed by atoms with Gasteiger partial charge in [-0.25, -0.2) is 0 Å². The van der Waals surface area contributed by atoms with Gasteiger partial charge in [-0.3, -0.25) is 14.9 Å². The van der Waals surface area contributed by atoms with E-state index in [1.807, 2.05) is 0 Å². The molecule has 1 fully saturated rings. The fourth-order valence-corrected chi connectivity index (χ4v) is 2.23. The van der Waals surface area contributed by atoms with Gasteiger partial charge in [-0.2, -0.15) is 0 Å². The second kappa shape index (κ2) is 3.94. The van der Waals surface area contributed by atoms with Gasteiger partial charge < -0.3 is 5.11 Å². The average molecular weight is 223 g/mol. The highest BCUT2D eigenvalue weighted by molar-refractivity contribution is 8.15. The highest BCUT2D eigenvalue weighted by Crippen LogP contribution is 2.23. The lowest BCUT2D eigenvalue weighted by atomic mass is 10.1. The number of benzene rings is 1. The molecule has 4 nitrogen and oxygen atoms in total. The van der Waals surface area contributed by atoms with Gasteiger partial charge in [0, 0.05) is 0 Å². The van der Waals surface area contributed by atoms with Crippen molar-refractivity contribution in [2.24, 2.45) is 0 Å². The second-order valence-electron chi connectivity index (χ2n) is 3.25. The molecule has 0 saturated carbocycles. The van der Waals surface area contributed by atoms with Crippen molar-refractivity contribution in [3.8, 4) is 5.75 Å². The summed E-state index contributed by atoms with van der Waals surface area (Å²) in [6.07, 6.45) is 0.502. The summed E-state index contributed by atoms with van der Waals surface area (Å²) < 4.78 is 0. The van der Waals surface area contributed by atoms with Gasteiger partial charge in [0.25, 0.3) is 5.24 Å². The van der Waals surface area contributed by atoms with Crippen molar-refractivity contribution in [2.45, 2.75) is 11.7 Å². The summed E-state index contributed by atoms with van der Waals surface area (Å²) in [5.41, 5.74) is 0.926. The number of nitrogens with one attached hydrogen (secondary N) is 1. The van der Waals surface area contributed by atoms with Crippen LogP contribution < -0.4 is 5.32 Å². The fraction of sp³-hybridized carbons (Fsp3) is 0.200. The third-order valence-electron chi connectivity index (χ3n) is 2.12. The van der Waals surface area contributed by atoms with Gasteiger partial charge in [-0.05, 0) is 24.1 Å². The molecule has 2 N–H and O–H groups in total. The number of aromatic hydroxyl groups is 1. The molecule has 2 rings (SSSR count). The first kappa shape index (κ1) is 10.0. The minimum Gasteiger partial charge on any atom is -0.508 e. The standard InChI is InChI=1S/C10H9NO3S/c12-7-3-1-6(2-4-7)5-8-9(13)11-10(14)15-8/h1-4,8,12H,5H2,(H,11,13,14)/t8-/m0/s1. The smallest absolute Gasteiger partial charge is 0.286 e. The molecular weight excluding hydrogens is 214 g/mol. The Morgan fingerprint density at radius 1 is 1.27 bits per heavy atom. The number of phenolic OH excluding ortho intramolecular Hbond substituents is 1. The molecule has 15 heavy (non-hydrogen) atoms. The number of amides is 2. The van der Waals surface area contributed by atoms with Crippen LogP contribution in [-0.2, 0) is 11.2 Å². The van der Waals surface area contributed by atoms with Crippen molar-refractivity contribution < 1.29 is 14.7 Å². The van der Waals surface area contributed by atoms with E-state index in [4.69, 9.17) is 5.11 Å². The SMILES string of the molecule is O=C1NC(=O)[C@H](Cc2ccc(O)cc2)S1. The lowest BCUT2D eigenvalue weighted by molar-refractivity contribution is -0.118. The van der Waals surface area contributed by atoms with Crippen LogP contribution in [0.25, 0.3) is 0 Å². The fourth-order valence-electron chi connectivity index (χ4n) is 1.37. The van der Waals surface area contributed by atoms with E-state index in [1.165, 1.54) is 0 Å². The van der Waals surface area contributed by atoms with Crippen LogP contribution in [0.15, 0.2) is 24.3 Å². The molecule has 1 aliphatic heterocycles. The predicted octanol–water partition coefficient (Wildman–Crippen LogP) is 1.29. The zero-order chi connectivity index (χ0) is 10.8. The number of rotatable bonds is 2. The number of hydrogen-bond acceptors (Lipinski definition) is 4. The molecule has 5 heteroatoms. The van der Waals surface area contributed by atoms with Gasteiger partial charge in [0.15, 0.2) is 0 Å². The Kier molecular flexibility index (Phi) is 2.64. The van der Waals surface area contributed by atoms with Gasteiger partial charge in [-0.1, -0.05) is 23.9 Å². The Morgan fingerprint density at radius 2 is 1.93 bits per heavy atom. The lowest BCUT2D eigenvalue weighted by Crippen LogP contribution is -2.25. The Bertz CT molecular complexity index is 402. The molecule has 78 valence electrons. The molecule has 0 aliphatic carbocycles. The van der Waals surface area contributed by atoms with E-state index in [0.29, 0.717) is 6.42 Å². The third kappa shape index (κ3) is 2.30. The zero-order valence-corrected chi connectivity index (χ0v) is 8.58. The molecule has 1 aromatic carbocycles. The van der Waals surface area contributed by atoms with Crippen LogP contribution in [0.2, 0.25) is 0 Å². The number of phenols is 1. The molecule has 0 radical (unpaired) electrons. The minimum absolute atomic E-state index is 0.193. The van der Waals surface area contributed by atoms with Crippen LogP contribution in [0.3, 0.4) is 0 Å². The summed E-state index contributed by atoms with van der Waals surface area (Å²) in [4.78, 5) is 22.2. The normalized spacial score (nSPS) is 20.4. The van der Waals surface area contributed by atoms with E-state index in [-0.39, 0.29) is 22.1 Å². The van der Waals surface area contributed by atoms with Crippen LogP contribution in [0, 0.1) is 0 Å². The maximum absolute atomic E-state index is 11.3. The Labute approximate surface area is 90.7 Å². The minimum atomic E-state index is -0.345. The highest BCUT2D eigenvalue weighted by Gasteiger charge is 2.31. The predicted molar refractivity (Wildman–Crippen MR) is 56.7 cm³/mol. The number of hydrogen-bond donors (Lipinski definition) is 2. The molecule has 1 atom stereocenters. The van der Waals surface area contributed by atoms with Crippen molar-refractivity contribution in [2.75, 3.05) is 0 Å². The van der Waals surface area contributed by atoms with E-state index in [0.717, 1.165) is 17.3 Å². The van der Waals surface area contributed by atoms with E-state index in [2.05, 4.69) is 5.32 Å². The maximum atomic E-state index is 11.3. The first-order valence-corrected chi connectivity index (χ1v) is 5.32. The van der Waals surface area contributed by atoms with Crippen molar-refractivity contribution in [3.63, 3.8) is 0 Å². The van der Waals surface area contributed by atoms with Crippen molar-refractivity contribution in [1.29, 1.82) is 0 Å². The molecule has 2 amide bonds. The number of carbonyl (C=O) groups excluding carboxylic acids is 2. The second-order valence-corrected chi connectivity index (χ2v) is 4.43. The van der Waals surface area contributed by atoms with E-state index >= 15 is 0 Å². The summed E-state index contributed by atoms with van der Waals surface area (Å²) in [6, 6.07) is 6.61. The molecule has 1 aliphatic rings. The average Bonchev–Trinajstić information content (AvgIpc) is 2.49. The summed E-state index contributed by atoms with van der Waals surface area (Å²) in [5, 5.41) is 10.7. The third-order valence-corrected chi connectivity index (χ3v) is 3.11. The van der Waals surface area contributed by atoms with Crippen LogP contribution in [0.4, 0.5) is 4.79 Å². The summed E-state index contributed by atoms with van der Waals surface area (Å²) >= 11 is 1.01. The van der Waals surface area contributed by atoms with E-state index in [1.54, 1.807) is 24.3 Å². The maximum Gasteiger partial charge on any atom is 0.286 e. The molecule has 0 unspecified atom stereocenters. The largest absolute Gasteiger partial charge is 0.508 e. The van der Waals surface area contributed by atoms with Gasteiger partial charge in [0.2, 0.25) is 5.91 Å². The Balaban J connectivity index is 2.06. The number of thioether (sulfide) groups is 1. The lowest BCUT2D eigenvalue weighted by Gasteiger charge is -2.04. The zero-order valence-electron chi connectivity index (χ0n) is 7.77. The molecule has 0 bridgehead atoms. The van der Waals surface area contributed by atoms with Gasteiger partial charge in [-0.15, -0.1) is 0 Å². The first-order chi connectivity index (χ1) is 7.15. The Morgan fingerprint density at radius 3 is 2.47 bits per heavy atom. The summed E-state index contributed by atoms with van der Waals surface area (Å²) in [5.74, 6) is -0.0450. The van der Waals surface area contributed by atoms with Crippen LogP contribution in [0.5, 0.6) is 5.75 Å². The summed E-state index contributed by atoms with van der Waals surface area (Å²) in [7, 11) is 0. The van der Waals surface area contributed by atoms with Crippen LogP contribution in [0.1, 0.15) is 5.56 Å². The molecule has 0 aromatic heterocycles.